The predicted octanol–water partition coefficient (Wildman–Crippen LogP) is 3.10. The third-order valence-corrected chi connectivity index (χ3v) is 4.11. The van der Waals surface area contributed by atoms with Crippen LogP contribution in [0.1, 0.15) is 11.3 Å². The van der Waals surface area contributed by atoms with Gasteiger partial charge in [0.2, 0.25) is 11.7 Å². The Kier molecular flexibility index (Phi) is 5.02. The number of primary amides is 1. The first-order valence-electron chi connectivity index (χ1n) is 8.67. The van der Waals surface area contributed by atoms with Crippen molar-refractivity contribution >= 4 is 11.9 Å². The number of nitrogens with zero attached hydrogens (tertiary/aromatic N) is 4. The fourth-order valence-corrected chi connectivity index (χ4v) is 2.84. The average Bonchev–Trinajstić information content (AvgIpc) is 3.14. The summed E-state index contributed by atoms with van der Waals surface area (Å²) in [5, 5.41) is 0. The lowest BCUT2D eigenvalue weighted by atomic mass is 10.0. The number of nitrogens with two attached hydrogens (primary N) is 1. The second kappa shape index (κ2) is 7.93. The van der Waals surface area contributed by atoms with Crippen molar-refractivity contribution in [1.29, 1.82) is 0 Å². The molecule has 0 bridgehead atoms. The number of hydrogen-bond acceptors (Lipinski definition) is 6. The van der Waals surface area contributed by atoms with E-state index in [1.54, 1.807) is 47.4 Å². The molecular weight excluding hydrogens is 377 g/mol. The van der Waals surface area contributed by atoms with Crippen LogP contribution in [0.15, 0.2) is 61.2 Å². The van der Waals surface area contributed by atoms with E-state index < -0.39 is 11.9 Å². The largest absolute Gasteiger partial charge is 0.471 e. The molecule has 2 N–H and O–H groups in total. The third kappa shape index (κ3) is 4.29. The number of rotatable bonds is 6. The Bertz CT molecular complexity index is 1160. The molecule has 4 rings (SSSR count). The molecule has 8 nitrogen and oxygen atoms in total. The highest BCUT2D eigenvalue weighted by atomic mass is 19.1. The van der Waals surface area contributed by atoms with Gasteiger partial charge in [-0.3, -0.25) is 4.40 Å². The van der Waals surface area contributed by atoms with Crippen molar-refractivity contribution in [2.75, 3.05) is 0 Å². The molecule has 146 valence electrons. The molecule has 3 heterocycles. The first kappa shape index (κ1) is 18.4. The van der Waals surface area contributed by atoms with Gasteiger partial charge in [0.25, 0.3) is 0 Å². The van der Waals surface area contributed by atoms with Gasteiger partial charge in [0.15, 0.2) is 0 Å². The molecule has 4 aromatic rings. The number of carbonyl (C=O) groups excluding carboxylic acids is 1. The number of carbonyl (C=O) groups is 1. The van der Waals surface area contributed by atoms with Crippen LogP contribution in [0.3, 0.4) is 0 Å². The molecule has 0 saturated heterocycles. The number of fused-ring (bicyclic) bond motifs is 1. The van der Waals surface area contributed by atoms with Gasteiger partial charge in [0.1, 0.15) is 19.0 Å². The van der Waals surface area contributed by atoms with Gasteiger partial charge in [0, 0.05) is 42.0 Å². The van der Waals surface area contributed by atoms with Gasteiger partial charge >= 0.3 is 6.09 Å². The summed E-state index contributed by atoms with van der Waals surface area (Å²) < 4.78 is 25.8. The molecule has 3 aromatic heterocycles. The van der Waals surface area contributed by atoms with Crippen LogP contribution in [-0.4, -0.2) is 25.4 Å². The summed E-state index contributed by atoms with van der Waals surface area (Å²) in [5.41, 5.74) is 7.54. The SMILES string of the molecule is NC(=O)OCc1cc(F)ccc1-c1cnc2nc(COc3ccccn3)cn2c1. The monoisotopic (exact) mass is 393 g/mol. The molecule has 0 aliphatic heterocycles. The van der Waals surface area contributed by atoms with Gasteiger partial charge in [0.05, 0.1) is 5.69 Å². The quantitative estimate of drug-likeness (QED) is 0.540. The highest BCUT2D eigenvalue weighted by Gasteiger charge is 2.11. The Morgan fingerprint density at radius 1 is 1.14 bits per heavy atom. The molecule has 9 heteroatoms. The van der Waals surface area contributed by atoms with Gasteiger partial charge < -0.3 is 15.2 Å². The maximum Gasteiger partial charge on any atom is 0.404 e. The Labute approximate surface area is 164 Å². The summed E-state index contributed by atoms with van der Waals surface area (Å²) >= 11 is 0. The Morgan fingerprint density at radius 2 is 2.03 bits per heavy atom. The first-order valence-corrected chi connectivity index (χ1v) is 8.67. The van der Waals surface area contributed by atoms with Crippen molar-refractivity contribution in [2.24, 2.45) is 5.73 Å². The Balaban J connectivity index is 1.60. The highest BCUT2D eigenvalue weighted by Crippen LogP contribution is 2.25. The van der Waals surface area contributed by atoms with E-state index in [-0.39, 0.29) is 13.2 Å². The smallest absolute Gasteiger partial charge is 0.404 e. The van der Waals surface area contributed by atoms with Crippen molar-refractivity contribution in [3.05, 3.63) is 78.3 Å². The Morgan fingerprint density at radius 3 is 2.83 bits per heavy atom. The van der Waals surface area contributed by atoms with Crippen LogP contribution >= 0.6 is 0 Å². The number of imidazole rings is 1. The summed E-state index contributed by atoms with van der Waals surface area (Å²) in [6.45, 7) is 0.0948. The maximum atomic E-state index is 13.6. The van der Waals surface area contributed by atoms with Crippen LogP contribution < -0.4 is 10.5 Å². The fraction of sp³-hybridized carbons (Fsp3) is 0.100. The number of hydrogen-bond donors (Lipinski definition) is 1. The summed E-state index contributed by atoms with van der Waals surface area (Å²) in [6.07, 6.45) is 5.93. The number of aromatic nitrogens is 4. The lowest BCUT2D eigenvalue weighted by molar-refractivity contribution is 0.150. The molecule has 0 aliphatic carbocycles. The highest BCUT2D eigenvalue weighted by molar-refractivity contribution is 5.68. The van der Waals surface area contributed by atoms with E-state index in [4.69, 9.17) is 15.2 Å². The van der Waals surface area contributed by atoms with E-state index in [9.17, 15) is 9.18 Å². The Hall–Kier alpha value is -4.01. The minimum absolute atomic E-state index is 0.145. The maximum absolute atomic E-state index is 13.6. The number of amides is 1. The van der Waals surface area contributed by atoms with Gasteiger partial charge in [-0.25, -0.2) is 24.1 Å². The zero-order valence-electron chi connectivity index (χ0n) is 15.2. The van der Waals surface area contributed by atoms with Crippen LogP contribution in [0.4, 0.5) is 9.18 Å². The summed E-state index contributed by atoms with van der Waals surface area (Å²) in [4.78, 5) is 23.8. The van der Waals surface area contributed by atoms with Crippen LogP contribution in [0.25, 0.3) is 16.9 Å². The first-order chi connectivity index (χ1) is 14.1. The molecular formula is C20H16FN5O3. The van der Waals surface area contributed by atoms with Gasteiger partial charge in [-0.15, -0.1) is 0 Å². The zero-order valence-corrected chi connectivity index (χ0v) is 15.2. The van der Waals surface area contributed by atoms with Crippen molar-refractivity contribution in [2.45, 2.75) is 13.2 Å². The molecule has 0 spiro atoms. The minimum atomic E-state index is -0.930. The van der Waals surface area contributed by atoms with E-state index in [0.29, 0.717) is 34.0 Å². The van der Waals surface area contributed by atoms with Gasteiger partial charge in [-0.1, -0.05) is 12.1 Å². The molecule has 1 amide bonds. The zero-order chi connectivity index (χ0) is 20.2. The number of benzene rings is 1. The summed E-state index contributed by atoms with van der Waals surface area (Å²) in [5.74, 6) is 0.552. The second-order valence-corrected chi connectivity index (χ2v) is 6.15. The number of halogens is 1. The molecule has 0 unspecified atom stereocenters. The third-order valence-electron chi connectivity index (χ3n) is 4.11. The minimum Gasteiger partial charge on any atom is -0.471 e. The van der Waals surface area contributed by atoms with E-state index >= 15 is 0 Å². The van der Waals surface area contributed by atoms with E-state index in [0.717, 1.165) is 0 Å². The summed E-state index contributed by atoms with van der Waals surface area (Å²) in [6, 6.07) is 9.62. The van der Waals surface area contributed by atoms with E-state index in [2.05, 4.69) is 15.0 Å². The van der Waals surface area contributed by atoms with Crippen molar-refractivity contribution < 1.29 is 18.7 Å². The number of pyridine rings is 1. The van der Waals surface area contributed by atoms with Crippen molar-refractivity contribution in [3.63, 3.8) is 0 Å². The van der Waals surface area contributed by atoms with E-state index in [1.807, 2.05) is 6.07 Å². The molecule has 0 radical (unpaired) electrons. The standard InChI is InChI=1S/C20H16FN5O3/c21-15-4-5-17(13(7-15)11-29-19(22)27)14-8-24-20-25-16(10-26(20)9-14)12-28-18-3-1-2-6-23-18/h1-10H,11-12H2,(H2,22,27). The van der Waals surface area contributed by atoms with Crippen molar-refractivity contribution in [3.8, 4) is 17.0 Å². The van der Waals surface area contributed by atoms with E-state index in [1.165, 1.54) is 12.1 Å². The molecule has 0 aliphatic rings. The topological polar surface area (TPSA) is 105 Å². The predicted molar refractivity (Wildman–Crippen MR) is 101 cm³/mol. The average molecular weight is 393 g/mol. The van der Waals surface area contributed by atoms with Crippen LogP contribution in [0.5, 0.6) is 5.88 Å². The molecule has 1 aromatic carbocycles. The summed E-state index contributed by atoms with van der Waals surface area (Å²) in [7, 11) is 0. The molecule has 0 atom stereocenters. The lowest BCUT2D eigenvalue weighted by Crippen LogP contribution is -2.13. The molecule has 0 saturated carbocycles. The van der Waals surface area contributed by atoms with Crippen molar-refractivity contribution in [1.82, 2.24) is 19.4 Å². The van der Waals surface area contributed by atoms with Crippen LogP contribution in [-0.2, 0) is 18.0 Å². The van der Waals surface area contributed by atoms with Gasteiger partial charge in [-0.2, -0.15) is 0 Å². The van der Waals surface area contributed by atoms with Gasteiger partial charge in [-0.05, 0) is 23.8 Å². The fourth-order valence-electron chi connectivity index (χ4n) is 2.84. The molecule has 29 heavy (non-hydrogen) atoms. The molecule has 0 fully saturated rings. The van der Waals surface area contributed by atoms with Crippen LogP contribution in [0, 0.1) is 5.82 Å². The van der Waals surface area contributed by atoms with Crippen LogP contribution in [0.2, 0.25) is 0 Å². The normalized spacial score (nSPS) is 10.8. The second-order valence-electron chi connectivity index (χ2n) is 6.15. The lowest BCUT2D eigenvalue weighted by Gasteiger charge is -2.10. The number of ether oxygens (including phenoxy) is 2.